The number of rotatable bonds is 7. The van der Waals surface area contributed by atoms with Crippen molar-refractivity contribution in [1.82, 2.24) is 10.6 Å². The molecule has 1 saturated carbocycles. The molecule has 1 aliphatic carbocycles. The van der Waals surface area contributed by atoms with E-state index < -0.39 is 5.60 Å². The smallest absolute Gasteiger partial charge is 0.407 e. The fraction of sp³-hybridized carbons (Fsp3) is 0.944. The lowest BCUT2D eigenvalue weighted by Crippen LogP contribution is -2.45. The molecule has 1 rings (SSSR count). The predicted molar refractivity (Wildman–Crippen MR) is 93.7 cm³/mol. The van der Waals surface area contributed by atoms with E-state index in [4.69, 9.17) is 9.47 Å². The monoisotopic (exact) mass is 328 g/mol. The molecule has 5 nitrogen and oxygen atoms in total. The standard InChI is InChI=1S/C18H36N2O3/c1-13(11-18(5,6)22-7)20-15-10-8-9-14(15)12-19-16(21)23-17(2,3)4/h13-15,20H,8-12H2,1-7H3,(H,19,21). The van der Waals surface area contributed by atoms with E-state index in [9.17, 15) is 4.79 Å². The maximum Gasteiger partial charge on any atom is 0.407 e. The van der Waals surface area contributed by atoms with E-state index in [0.29, 0.717) is 24.5 Å². The molecule has 0 heterocycles. The second-order valence-electron chi connectivity index (χ2n) is 8.42. The summed E-state index contributed by atoms with van der Waals surface area (Å²) in [5.41, 5.74) is -0.563. The molecule has 1 fully saturated rings. The maximum absolute atomic E-state index is 11.8. The molecule has 3 unspecified atom stereocenters. The van der Waals surface area contributed by atoms with Gasteiger partial charge in [-0.25, -0.2) is 4.79 Å². The number of carbonyl (C=O) groups is 1. The molecule has 2 N–H and O–H groups in total. The van der Waals surface area contributed by atoms with Gasteiger partial charge in [-0.3, -0.25) is 0 Å². The summed E-state index contributed by atoms with van der Waals surface area (Å²) in [5, 5.41) is 6.64. The molecular formula is C18H36N2O3. The number of nitrogens with one attached hydrogen (secondary N) is 2. The molecule has 0 aromatic rings. The van der Waals surface area contributed by atoms with Gasteiger partial charge in [0.05, 0.1) is 5.60 Å². The maximum atomic E-state index is 11.8. The van der Waals surface area contributed by atoms with Gasteiger partial charge >= 0.3 is 6.09 Å². The highest BCUT2D eigenvalue weighted by atomic mass is 16.6. The molecule has 0 aromatic carbocycles. The summed E-state index contributed by atoms with van der Waals surface area (Å²) in [4.78, 5) is 11.8. The molecule has 3 atom stereocenters. The van der Waals surface area contributed by atoms with Crippen LogP contribution in [0.2, 0.25) is 0 Å². The van der Waals surface area contributed by atoms with Crippen molar-refractivity contribution in [3.8, 4) is 0 Å². The van der Waals surface area contributed by atoms with Crippen LogP contribution >= 0.6 is 0 Å². The van der Waals surface area contributed by atoms with Gasteiger partial charge in [0.25, 0.3) is 0 Å². The SMILES string of the molecule is COC(C)(C)CC(C)NC1CCCC1CNC(=O)OC(C)(C)C. The molecule has 0 spiro atoms. The number of alkyl carbamates (subject to hydrolysis) is 1. The van der Waals surface area contributed by atoms with Gasteiger partial charge in [-0.05, 0) is 66.7 Å². The number of hydrogen-bond donors (Lipinski definition) is 2. The molecule has 136 valence electrons. The van der Waals surface area contributed by atoms with Crippen molar-refractivity contribution < 1.29 is 14.3 Å². The molecule has 5 heteroatoms. The zero-order valence-corrected chi connectivity index (χ0v) is 16.0. The van der Waals surface area contributed by atoms with Crippen molar-refractivity contribution in [3.05, 3.63) is 0 Å². The summed E-state index contributed by atoms with van der Waals surface area (Å²) in [6.45, 7) is 12.7. The van der Waals surface area contributed by atoms with E-state index in [0.717, 1.165) is 12.8 Å². The van der Waals surface area contributed by atoms with E-state index in [1.807, 2.05) is 20.8 Å². The van der Waals surface area contributed by atoms with Crippen LogP contribution in [0.3, 0.4) is 0 Å². The highest BCUT2D eigenvalue weighted by molar-refractivity contribution is 5.67. The first-order valence-electron chi connectivity index (χ1n) is 8.80. The topological polar surface area (TPSA) is 59.6 Å². The lowest BCUT2D eigenvalue weighted by atomic mass is 9.97. The Labute approximate surface area is 141 Å². The summed E-state index contributed by atoms with van der Waals surface area (Å²) in [6.07, 6.45) is 4.16. The van der Waals surface area contributed by atoms with Crippen molar-refractivity contribution >= 4 is 6.09 Å². The van der Waals surface area contributed by atoms with E-state index >= 15 is 0 Å². The van der Waals surface area contributed by atoms with Crippen molar-refractivity contribution in [2.75, 3.05) is 13.7 Å². The van der Waals surface area contributed by atoms with Crippen molar-refractivity contribution in [3.63, 3.8) is 0 Å². The van der Waals surface area contributed by atoms with Crippen LogP contribution in [-0.4, -0.2) is 43.0 Å². The number of amides is 1. The van der Waals surface area contributed by atoms with E-state index in [2.05, 4.69) is 31.4 Å². The van der Waals surface area contributed by atoms with Crippen LogP contribution in [-0.2, 0) is 9.47 Å². The largest absolute Gasteiger partial charge is 0.444 e. The highest BCUT2D eigenvalue weighted by Crippen LogP contribution is 2.26. The Morgan fingerprint density at radius 1 is 1.22 bits per heavy atom. The molecule has 0 aromatic heterocycles. The first kappa shape index (κ1) is 20.2. The molecule has 0 radical (unpaired) electrons. The van der Waals surface area contributed by atoms with Crippen LogP contribution in [0.15, 0.2) is 0 Å². The van der Waals surface area contributed by atoms with Gasteiger partial charge < -0.3 is 20.1 Å². The minimum absolute atomic E-state index is 0.116. The third-order valence-electron chi connectivity index (χ3n) is 4.42. The van der Waals surface area contributed by atoms with Gasteiger partial charge in [0, 0.05) is 25.7 Å². The number of hydrogen-bond acceptors (Lipinski definition) is 4. The molecule has 0 saturated heterocycles. The zero-order valence-electron chi connectivity index (χ0n) is 16.0. The first-order valence-corrected chi connectivity index (χ1v) is 8.80. The average Bonchev–Trinajstić information content (AvgIpc) is 2.81. The fourth-order valence-corrected chi connectivity index (χ4v) is 3.27. The lowest BCUT2D eigenvalue weighted by Gasteiger charge is -2.31. The summed E-state index contributed by atoms with van der Waals surface area (Å²) >= 11 is 0. The van der Waals surface area contributed by atoms with Gasteiger partial charge in [0.2, 0.25) is 0 Å². The number of ether oxygens (including phenoxy) is 2. The van der Waals surface area contributed by atoms with Crippen LogP contribution in [0.1, 0.15) is 67.2 Å². The van der Waals surface area contributed by atoms with Gasteiger partial charge in [-0.15, -0.1) is 0 Å². The van der Waals surface area contributed by atoms with Crippen LogP contribution in [0.5, 0.6) is 0 Å². The van der Waals surface area contributed by atoms with E-state index in [1.54, 1.807) is 7.11 Å². The molecule has 23 heavy (non-hydrogen) atoms. The van der Waals surface area contributed by atoms with Crippen LogP contribution < -0.4 is 10.6 Å². The number of carbonyl (C=O) groups excluding carboxylic acids is 1. The first-order chi connectivity index (χ1) is 10.5. The third-order valence-corrected chi connectivity index (χ3v) is 4.42. The second-order valence-corrected chi connectivity index (χ2v) is 8.42. The van der Waals surface area contributed by atoms with Gasteiger partial charge in [-0.1, -0.05) is 6.42 Å². The summed E-state index contributed by atoms with van der Waals surface area (Å²) in [7, 11) is 1.76. The number of methoxy groups -OCH3 is 1. The Hall–Kier alpha value is -0.810. The molecule has 0 bridgehead atoms. The van der Waals surface area contributed by atoms with Crippen molar-refractivity contribution in [2.24, 2.45) is 5.92 Å². The Morgan fingerprint density at radius 2 is 1.87 bits per heavy atom. The quantitative estimate of drug-likeness (QED) is 0.751. The molecule has 1 aliphatic rings. The summed E-state index contributed by atoms with van der Waals surface area (Å²) < 4.78 is 10.8. The Balaban J connectivity index is 2.40. The Morgan fingerprint density at radius 3 is 2.43 bits per heavy atom. The third kappa shape index (κ3) is 8.02. The van der Waals surface area contributed by atoms with Gasteiger partial charge in [0.1, 0.15) is 5.60 Å². The van der Waals surface area contributed by atoms with Crippen molar-refractivity contribution in [1.29, 1.82) is 0 Å². The average molecular weight is 328 g/mol. The minimum atomic E-state index is -0.447. The highest BCUT2D eigenvalue weighted by Gasteiger charge is 2.30. The van der Waals surface area contributed by atoms with Crippen LogP contribution in [0.4, 0.5) is 4.79 Å². The normalized spacial score (nSPS) is 23.6. The molecule has 1 amide bonds. The van der Waals surface area contributed by atoms with Crippen molar-refractivity contribution in [2.45, 2.75) is 90.5 Å². The Bertz CT molecular complexity index is 377. The molecular weight excluding hydrogens is 292 g/mol. The predicted octanol–water partition coefficient (Wildman–Crippen LogP) is 3.47. The van der Waals surface area contributed by atoms with Gasteiger partial charge in [0.15, 0.2) is 0 Å². The van der Waals surface area contributed by atoms with Gasteiger partial charge in [-0.2, -0.15) is 0 Å². The summed E-state index contributed by atoms with van der Waals surface area (Å²) in [5.74, 6) is 0.468. The van der Waals surface area contributed by atoms with E-state index in [-0.39, 0.29) is 11.7 Å². The summed E-state index contributed by atoms with van der Waals surface area (Å²) in [6, 6.07) is 0.838. The lowest BCUT2D eigenvalue weighted by molar-refractivity contribution is 0.00728. The fourth-order valence-electron chi connectivity index (χ4n) is 3.27. The second kappa shape index (κ2) is 8.34. The Kier molecular flexibility index (Phi) is 7.33. The van der Waals surface area contributed by atoms with Crippen LogP contribution in [0.25, 0.3) is 0 Å². The zero-order chi connectivity index (χ0) is 17.7. The molecule has 0 aliphatic heterocycles. The minimum Gasteiger partial charge on any atom is -0.444 e. The van der Waals surface area contributed by atoms with Crippen LogP contribution in [0, 0.1) is 5.92 Å². The van der Waals surface area contributed by atoms with E-state index in [1.165, 1.54) is 12.8 Å².